The second-order valence-corrected chi connectivity index (χ2v) is 10.6. The number of benzene rings is 2. The molecule has 1 aromatic heterocycles. The topological polar surface area (TPSA) is 121 Å². The quantitative estimate of drug-likeness (QED) is 0.237. The Morgan fingerprint density at radius 3 is 2.70 bits per heavy atom. The number of piperazine rings is 1. The number of nitrogens with zero attached hydrogens (tertiary/aromatic N) is 5. The van der Waals surface area contributed by atoms with Gasteiger partial charge in [0.15, 0.2) is 5.75 Å². The van der Waals surface area contributed by atoms with E-state index in [-0.39, 0.29) is 11.9 Å². The number of ether oxygens (including phenoxy) is 2. The van der Waals surface area contributed by atoms with Crippen molar-refractivity contribution in [2.45, 2.75) is 25.8 Å². The van der Waals surface area contributed by atoms with Gasteiger partial charge in [-0.05, 0) is 57.6 Å². The number of rotatable bonds is 8. The number of hydrogen-bond acceptors (Lipinski definition) is 9. The molecule has 0 unspecified atom stereocenters. The molecule has 40 heavy (non-hydrogen) atoms. The number of likely N-dealkylation sites (N-methyl/N-ethyl adjacent to an activating group) is 1. The summed E-state index contributed by atoms with van der Waals surface area (Å²) in [6.07, 6.45) is 4.71. The SMILES string of the molecule is C=CC(=O)N1CCN(c2nc(OC[C@H]3CCCN3C)nc3c(Oc4c(C)c(Cl)cc(N)c4C=N)cccc23)CC1. The summed E-state index contributed by atoms with van der Waals surface area (Å²) in [5.74, 6) is 1.51. The number of halogens is 1. The van der Waals surface area contributed by atoms with Crippen molar-refractivity contribution in [1.82, 2.24) is 19.8 Å². The lowest BCUT2D eigenvalue weighted by Crippen LogP contribution is -2.48. The number of carbonyl (C=O) groups excluding carboxylic acids is 1. The van der Waals surface area contributed by atoms with Gasteiger partial charge in [0.25, 0.3) is 0 Å². The number of likely N-dealkylation sites (tertiary alicyclic amines) is 1. The molecule has 2 aliphatic rings. The van der Waals surface area contributed by atoms with Gasteiger partial charge in [0, 0.05) is 60.1 Å². The Balaban J connectivity index is 1.56. The van der Waals surface area contributed by atoms with E-state index in [1.165, 1.54) is 6.08 Å². The van der Waals surface area contributed by atoms with E-state index >= 15 is 0 Å². The first-order chi connectivity index (χ1) is 19.3. The lowest BCUT2D eigenvalue weighted by Gasteiger charge is -2.35. The molecular formula is C29H34ClN7O3. The molecule has 210 valence electrons. The number of fused-ring (bicyclic) bond motifs is 1. The molecule has 1 atom stereocenters. The van der Waals surface area contributed by atoms with Crippen molar-refractivity contribution in [3.05, 3.63) is 53.1 Å². The van der Waals surface area contributed by atoms with Crippen LogP contribution in [0.25, 0.3) is 10.9 Å². The first-order valence-electron chi connectivity index (χ1n) is 13.4. The molecule has 0 bridgehead atoms. The number of para-hydroxylation sites is 1. The summed E-state index contributed by atoms with van der Waals surface area (Å²) in [6, 6.07) is 7.83. The summed E-state index contributed by atoms with van der Waals surface area (Å²) in [5, 5.41) is 9.15. The molecule has 10 nitrogen and oxygen atoms in total. The van der Waals surface area contributed by atoms with Crippen LogP contribution in [0.5, 0.6) is 17.5 Å². The number of aromatic nitrogens is 2. The van der Waals surface area contributed by atoms with E-state index in [9.17, 15) is 4.79 Å². The average Bonchev–Trinajstić information content (AvgIpc) is 3.38. The molecule has 2 aliphatic heterocycles. The number of amides is 1. The molecule has 2 aromatic carbocycles. The smallest absolute Gasteiger partial charge is 0.319 e. The summed E-state index contributed by atoms with van der Waals surface area (Å²) in [7, 11) is 2.10. The van der Waals surface area contributed by atoms with Crippen molar-refractivity contribution in [2.24, 2.45) is 0 Å². The molecule has 3 aromatic rings. The lowest BCUT2D eigenvalue weighted by atomic mass is 10.1. The Bertz CT molecular complexity index is 1460. The highest BCUT2D eigenvalue weighted by Gasteiger charge is 2.26. The van der Waals surface area contributed by atoms with Crippen LogP contribution in [0.3, 0.4) is 0 Å². The van der Waals surface area contributed by atoms with Crippen LogP contribution in [0.15, 0.2) is 36.9 Å². The molecule has 3 heterocycles. The highest BCUT2D eigenvalue weighted by atomic mass is 35.5. The Morgan fingerprint density at radius 1 is 1.25 bits per heavy atom. The monoisotopic (exact) mass is 563 g/mol. The minimum Gasteiger partial charge on any atom is -0.462 e. The molecule has 3 N–H and O–H groups in total. The minimum absolute atomic E-state index is 0.0780. The van der Waals surface area contributed by atoms with Gasteiger partial charge in [-0.15, -0.1) is 0 Å². The van der Waals surface area contributed by atoms with Gasteiger partial charge >= 0.3 is 6.01 Å². The Hall–Kier alpha value is -3.89. The summed E-state index contributed by atoms with van der Waals surface area (Å²) >= 11 is 6.42. The van der Waals surface area contributed by atoms with Gasteiger partial charge < -0.3 is 35.3 Å². The number of nitrogens with two attached hydrogens (primary N) is 1. The van der Waals surface area contributed by atoms with Crippen molar-refractivity contribution in [3.8, 4) is 17.5 Å². The zero-order valence-corrected chi connectivity index (χ0v) is 23.6. The fourth-order valence-corrected chi connectivity index (χ4v) is 5.46. The van der Waals surface area contributed by atoms with Gasteiger partial charge in [-0.3, -0.25) is 4.79 Å². The van der Waals surface area contributed by atoms with Crippen LogP contribution in [-0.4, -0.2) is 84.3 Å². The van der Waals surface area contributed by atoms with Crippen molar-refractivity contribution in [1.29, 1.82) is 5.41 Å². The summed E-state index contributed by atoms with van der Waals surface area (Å²) in [5.41, 5.74) is 8.20. The predicted molar refractivity (Wildman–Crippen MR) is 158 cm³/mol. The maximum atomic E-state index is 12.1. The zero-order valence-electron chi connectivity index (χ0n) is 22.8. The van der Waals surface area contributed by atoms with E-state index in [0.29, 0.717) is 83.5 Å². The first-order valence-corrected chi connectivity index (χ1v) is 13.8. The van der Waals surface area contributed by atoms with Gasteiger partial charge in [-0.25, -0.2) is 0 Å². The third kappa shape index (κ3) is 5.41. The van der Waals surface area contributed by atoms with Crippen LogP contribution in [0.1, 0.15) is 24.0 Å². The summed E-state index contributed by atoms with van der Waals surface area (Å²) in [4.78, 5) is 28.0. The number of hydrogen-bond donors (Lipinski definition) is 2. The third-order valence-corrected chi connectivity index (χ3v) is 8.08. The molecule has 2 fully saturated rings. The fourth-order valence-electron chi connectivity index (χ4n) is 5.26. The molecule has 0 radical (unpaired) electrons. The predicted octanol–water partition coefficient (Wildman–Crippen LogP) is 4.27. The molecule has 0 saturated carbocycles. The summed E-state index contributed by atoms with van der Waals surface area (Å²) < 4.78 is 12.6. The Labute approximate surface area is 238 Å². The second kappa shape index (κ2) is 11.7. The highest BCUT2D eigenvalue weighted by molar-refractivity contribution is 6.32. The van der Waals surface area contributed by atoms with Crippen LogP contribution in [0.4, 0.5) is 11.5 Å². The molecule has 1 amide bonds. The van der Waals surface area contributed by atoms with Crippen LogP contribution < -0.4 is 20.1 Å². The maximum Gasteiger partial charge on any atom is 0.319 e. The van der Waals surface area contributed by atoms with Crippen molar-refractivity contribution < 1.29 is 14.3 Å². The van der Waals surface area contributed by atoms with Gasteiger partial charge in [0.2, 0.25) is 5.91 Å². The maximum absolute atomic E-state index is 12.1. The van der Waals surface area contributed by atoms with E-state index in [4.69, 9.17) is 42.2 Å². The normalized spacial score (nSPS) is 17.7. The number of nitrogens with one attached hydrogen (secondary N) is 1. The number of nitrogen functional groups attached to an aromatic ring is 1. The Morgan fingerprint density at radius 2 is 2.02 bits per heavy atom. The van der Waals surface area contributed by atoms with Crippen molar-refractivity contribution in [3.63, 3.8) is 0 Å². The average molecular weight is 564 g/mol. The molecule has 11 heteroatoms. The summed E-state index contributed by atoms with van der Waals surface area (Å²) in [6.45, 7) is 9.27. The standard InChI is InChI=1S/C29H34ClN7O3/c1-4-25(38)36-11-13-37(14-12-36)28-20-8-5-9-24(40-27-18(2)22(30)15-23(32)21(27)16-31)26(20)33-29(34-28)39-17-19-7-6-10-35(19)3/h4-5,8-9,15-16,19,31H,1,6-7,10-14,17,32H2,2-3H3/t19-/m1/s1. The Kier molecular flexibility index (Phi) is 8.09. The van der Waals surface area contributed by atoms with Gasteiger partial charge in [0.1, 0.15) is 23.7 Å². The largest absolute Gasteiger partial charge is 0.462 e. The lowest BCUT2D eigenvalue weighted by molar-refractivity contribution is -0.126. The van der Waals surface area contributed by atoms with Gasteiger partial charge in [-0.1, -0.05) is 24.2 Å². The molecule has 0 spiro atoms. The molecular weight excluding hydrogens is 530 g/mol. The first kappa shape index (κ1) is 27.7. The van der Waals surface area contributed by atoms with Crippen LogP contribution in [-0.2, 0) is 4.79 Å². The van der Waals surface area contributed by atoms with Crippen LogP contribution in [0.2, 0.25) is 5.02 Å². The third-order valence-electron chi connectivity index (χ3n) is 7.68. The van der Waals surface area contributed by atoms with Gasteiger partial charge in [0.05, 0.1) is 5.56 Å². The zero-order chi connectivity index (χ0) is 28.4. The molecule has 0 aliphatic carbocycles. The minimum atomic E-state index is -0.0780. The molecule has 2 saturated heterocycles. The van der Waals surface area contributed by atoms with Crippen LogP contribution in [0, 0.1) is 12.3 Å². The van der Waals surface area contributed by atoms with E-state index < -0.39 is 0 Å². The number of anilines is 2. The van der Waals surface area contributed by atoms with Gasteiger partial charge in [-0.2, -0.15) is 9.97 Å². The van der Waals surface area contributed by atoms with Crippen LogP contribution >= 0.6 is 11.6 Å². The van der Waals surface area contributed by atoms with Crippen molar-refractivity contribution >= 4 is 46.1 Å². The van der Waals surface area contributed by atoms with E-state index in [1.807, 2.05) is 25.1 Å². The van der Waals surface area contributed by atoms with E-state index in [2.05, 4.69) is 23.4 Å². The van der Waals surface area contributed by atoms with Crippen molar-refractivity contribution in [2.75, 3.05) is 57.0 Å². The molecule has 5 rings (SSSR count). The van der Waals surface area contributed by atoms with E-state index in [1.54, 1.807) is 11.0 Å². The second-order valence-electron chi connectivity index (χ2n) is 10.1. The number of carbonyl (C=O) groups is 1. The fraction of sp³-hybridized carbons (Fsp3) is 0.379. The highest BCUT2D eigenvalue weighted by Crippen LogP contribution is 2.40. The van der Waals surface area contributed by atoms with E-state index in [0.717, 1.165) is 31.0 Å².